The topological polar surface area (TPSA) is 91.3 Å². The number of halogens is 10. The van der Waals surface area contributed by atoms with E-state index in [0.29, 0.717) is 14.7 Å². The van der Waals surface area contributed by atoms with Crippen molar-refractivity contribution in [1.82, 2.24) is 0 Å². The molecule has 19 heteroatoms. The maximum absolute atomic E-state index is 13.7. The van der Waals surface area contributed by atoms with Gasteiger partial charge < -0.3 is 18.9 Å². The van der Waals surface area contributed by atoms with Gasteiger partial charge in [-0.15, -0.1) is 0 Å². The minimum atomic E-state index is -6.40. The number of hydrogen-bond donors (Lipinski definition) is 1. The van der Waals surface area contributed by atoms with Gasteiger partial charge in [-0.3, -0.25) is 4.55 Å². The van der Waals surface area contributed by atoms with Crippen molar-refractivity contribution >= 4 is 21.0 Å². The molecule has 1 N–H and O–H groups in total. The summed E-state index contributed by atoms with van der Waals surface area (Å²) in [7, 11) is -6.50. The van der Waals surface area contributed by atoms with E-state index in [4.69, 9.17) is 14.0 Å². The molecule has 0 amide bonds. The first kappa shape index (κ1) is 38.2. The van der Waals surface area contributed by atoms with Crippen LogP contribution >= 0.6 is 0 Å². The molecule has 260 valence electrons. The van der Waals surface area contributed by atoms with E-state index in [1.54, 1.807) is 30.3 Å². The van der Waals surface area contributed by atoms with Crippen LogP contribution < -0.4 is 9.47 Å². The van der Waals surface area contributed by atoms with Crippen LogP contribution in [0.25, 0.3) is 0 Å². The molecule has 3 aromatic carbocycles. The zero-order valence-corrected chi connectivity index (χ0v) is 25.5. The third kappa shape index (κ3) is 8.62. The molecule has 0 aliphatic carbocycles. The number of alkyl halides is 10. The van der Waals surface area contributed by atoms with E-state index >= 15 is 0 Å². The van der Waals surface area contributed by atoms with E-state index in [1.807, 2.05) is 0 Å². The standard InChI is InChI=1S/C28H24F10O7S2/c1-42-18-45-24(26(31,32)33,27(34,35)36)17-44-20-9-13-23(14-10-20)46(21-5-3-2-4-6-21)22-11-7-19(8-12-22)43-16-15-25(29,30)28(37,38)47(39,40)41/h2-14H,15-18H2,1H3/p+1. The molecule has 0 fully saturated rings. The highest BCUT2D eigenvalue weighted by molar-refractivity contribution is 7.97. The van der Waals surface area contributed by atoms with E-state index in [-0.39, 0.29) is 11.5 Å². The molecule has 0 aliphatic rings. The molecule has 3 rings (SSSR count). The van der Waals surface area contributed by atoms with E-state index in [0.717, 1.165) is 19.2 Å². The Hall–Kier alpha value is -3.26. The number of ether oxygens (including phenoxy) is 4. The number of rotatable bonds is 15. The molecule has 1 unspecified atom stereocenters. The minimum Gasteiger partial charge on any atom is -0.493 e. The molecule has 0 heterocycles. The highest BCUT2D eigenvalue weighted by Crippen LogP contribution is 2.46. The minimum absolute atomic E-state index is 0.0615. The summed E-state index contributed by atoms with van der Waals surface area (Å²) in [5.74, 6) is -5.55. The Bertz CT molecular complexity index is 1540. The zero-order chi connectivity index (χ0) is 35.3. The quantitative estimate of drug-likeness (QED) is 0.0750. The van der Waals surface area contributed by atoms with Crippen molar-refractivity contribution in [1.29, 1.82) is 0 Å². The number of methoxy groups -OCH3 is 1. The molecule has 1 atom stereocenters. The average Bonchev–Trinajstić information content (AvgIpc) is 2.97. The molecule has 3 aromatic rings. The van der Waals surface area contributed by atoms with Crippen molar-refractivity contribution in [3.05, 3.63) is 78.9 Å². The van der Waals surface area contributed by atoms with Gasteiger partial charge in [0.2, 0.25) is 0 Å². The van der Waals surface area contributed by atoms with Crippen LogP contribution in [0.4, 0.5) is 43.9 Å². The number of benzene rings is 3. The maximum Gasteiger partial charge on any atom is 0.431 e. The third-order valence-electron chi connectivity index (χ3n) is 6.31. The van der Waals surface area contributed by atoms with Crippen LogP contribution in [0.3, 0.4) is 0 Å². The largest absolute Gasteiger partial charge is 0.493 e. The maximum atomic E-state index is 13.7. The summed E-state index contributed by atoms with van der Waals surface area (Å²) >= 11 is 0. The highest BCUT2D eigenvalue weighted by atomic mass is 32.2. The monoisotopic (exact) mass is 727 g/mol. The van der Waals surface area contributed by atoms with Gasteiger partial charge in [-0.2, -0.15) is 52.3 Å². The zero-order valence-electron chi connectivity index (χ0n) is 23.8. The van der Waals surface area contributed by atoms with Crippen molar-refractivity contribution in [3.8, 4) is 11.5 Å². The summed E-state index contributed by atoms with van der Waals surface area (Å²) in [6.45, 7) is -4.33. The van der Waals surface area contributed by atoms with E-state index in [9.17, 15) is 52.3 Å². The SMILES string of the molecule is COCOC(COc1ccc([S+](c2ccccc2)c2ccc(OCCC(F)(F)C(F)(F)S(=O)(=O)O)cc2)cc1)(C(F)(F)F)C(F)(F)F. The summed E-state index contributed by atoms with van der Waals surface area (Å²) in [6.07, 6.45) is -13.6. The summed E-state index contributed by atoms with van der Waals surface area (Å²) < 4.78 is 184. The lowest BCUT2D eigenvalue weighted by molar-refractivity contribution is -0.397. The van der Waals surface area contributed by atoms with Crippen LogP contribution in [0.15, 0.2) is 93.5 Å². The summed E-state index contributed by atoms with van der Waals surface area (Å²) in [4.78, 5) is 1.81. The predicted molar refractivity (Wildman–Crippen MR) is 146 cm³/mol. The molecule has 0 aliphatic heterocycles. The summed E-state index contributed by atoms with van der Waals surface area (Å²) in [5, 5.41) is -5.74. The molecule has 0 saturated carbocycles. The lowest BCUT2D eigenvalue weighted by Crippen LogP contribution is -2.62. The van der Waals surface area contributed by atoms with Crippen LogP contribution in [0.2, 0.25) is 0 Å². The van der Waals surface area contributed by atoms with Crippen molar-refractivity contribution in [2.75, 3.05) is 27.1 Å². The van der Waals surface area contributed by atoms with Gasteiger partial charge in [-0.1, -0.05) is 18.2 Å². The van der Waals surface area contributed by atoms with Crippen LogP contribution in [0.1, 0.15) is 6.42 Å². The molecule has 0 spiro atoms. The van der Waals surface area contributed by atoms with Gasteiger partial charge in [0.25, 0.3) is 5.60 Å². The van der Waals surface area contributed by atoms with Gasteiger partial charge in [0.1, 0.15) is 24.9 Å². The van der Waals surface area contributed by atoms with Gasteiger partial charge in [-0.25, -0.2) is 0 Å². The van der Waals surface area contributed by atoms with Gasteiger partial charge in [0, 0.05) is 7.11 Å². The molecule has 0 radical (unpaired) electrons. The van der Waals surface area contributed by atoms with Crippen LogP contribution in [-0.2, 0) is 30.5 Å². The van der Waals surface area contributed by atoms with Crippen molar-refractivity contribution in [2.45, 2.75) is 50.2 Å². The van der Waals surface area contributed by atoms with Crippen molar-refractivity contribution in [2.24, 2.45) is 0 Å². The average molecular weight is 728 g/mol. The fourth-order valence-corrected chi connectivity index (χ4v) is 6.36. The summed E-state index contributed by atoms with van der Waals surface area (Å²) in [5.41, 5.74) is -4.68. The molecule has 0 saturated heterocycles. The van der Waals surface area contributed by atoms with E-state index in [2.05, 4.69) is 9.47 Å². The summed E-state index contributed by atoms with van der Waals surface area (Å²) in [6, 6.07) is 19.4. The van der Waals surface area contributed by atoms with E-state index in [1.165, 1.54) is 36.4 Å². The molecule has 47 heavy (non-hydrogen) atoms. The lowest BCUT2D eigenvalue weighted by atomic mass is 10.0. The molecular formula is C28H25F10O7S2+. The Kier molecular flexibility index (Phi) is 11.8. The Morgan fingerprint density at radius 1 is 0.681 bits per heavy atom. The van der Waals surface area contributed by atoms with Gasteiger partial charge in [-0.05, 0) is 60.7 Å². The third-order valence-corrected chi connectivity index (χ3v) is 9.49. The normalized spacial score (nSPS) is 14.1. The van der Waals surface area contributed by atoms with Crippen LogP contribution in [0.5, 0.6) is 11.5 Å². The lowest BCUT2D eigenvalue weighted by Gasteiger charge is -2.36. The second-order valence-corrected chi connectivity index (χ2v) is 13.0. The Balaban J connectivity index is 1.82. The molecule has 0 aromatic heterocycles. The first-order chi connectivity index (χ1) is 21.7. The predicted octanol–water partition coefficient (Wildman–Crippen LogP) is 7.53. The van der Waals surface area contributed by atoms with Crippen molar-refractivity contribution in [3.63, 3.8) is 0 Å². The Labute approximate surface area is 264 Å². The van der Waals surface area contributed by atoms with Gasteiger partial charge in [0.05, 0.1) is 23.9 Å². The van der Waals surface area contributed by atoms with E-state index < -0.39 is 76.6 Å². The van der Waals surface area contributed by atoms with Crippen LogP contribution in [0, 0.1) is 0 Å². The number of hydrogen-bond acceptors (Lipinski definition) is 6. The Morgan fingerprint density at radius 3 is 1.55 bits per heavy atom. The molecular weight excluding hydrogens is 702 g/mol. The smallest absolute Gasteiger partial charge is 0.431 e. The fourth-order valence-electron chi connectivity index (χ4n) is 3.81. The molecule has 7 nitrogen and oxygen atoms in total. The van der Waals surface area contributed by atoms with Gasteiger partial charge >= 0.3 is 33.6 Å². The van der Waals surface area contributed by atoms with Crippen molar-refractivity contribution < 1.29 is 75.8 Å². The van der Waals surface area contributed by atoms with Crippen LogP contribution in [-0.4, -0.2) is 69.2 Å². The molecule has 0 bridgehead atoms. The second-order valence-electron chi connectivity index (χ2n) is 9.52. The second kappa shape index (κ2) is 14.5. The van der Waals surface area contributed by atoms with Gasteiger partial charge in [0.15, 0.2) is 14.7 Å². The fraction of sp³-hybridized carbons (Fsp3) is 0.357. The Morgan fingerprint density at radius 2 is 1.13 bits per heavy atom. The highest BCUT2D eigenvalue weighted by Gasteiger charge is 2.73. The first-order valence-electron chi connectivity index (χ1n) is 12.9. The first-order valence-corrected chi connectivity index (χ1v) is 15.6.